The fraction of sp³-hybridized carbons (Fsp3) is 0.300. The molecular formula is C20H23NO5. The van der Waals surface area contributed by atoms with Gasteiger partial charge in [0.1, 0.15) is 11.5 Å². The van der Waals surface area contributed by atoms with E-state index in [1.54, 1.807) is 39.3 Å². The highest BCUT2D eigenvalue weighted by atomic mass is 16.5. The van der Waals surface area contributed by atoms with Crippen LogP contribution in [0.2, 0.25) is 0 Å². The number of nitrogens with one attached hydrogen (secondary N) is 1. The molecule has 2 rings (SSSR count). The summed E-state index contributed by atoms with van der Waals surface area (Å²) < 4.78 is 15.3. The van der Waals surface area contributed by atoms with Gasteiger partial charge >= 0.3 is 5.97 Å². The summed E-state index contributed by atoms with van der Waals surface area (Å²) in [7, 11) is 4.51. The van der Waals surface area contributed by atoms with Crippen molar-refractivity contribution in [2.24, 2.45) is 0 Å². The topological polar surface area (TPSA) is 73.9 Å². The fourth-order valence-electron chi connectivity index (χ4n) is 2.64. The summed E-state index contributed by atoms with van der Waals surface area (Å²) in [5, 5.41) is 2.85. The van der Waals surface area contributed by atoms with Gasteiger partial charge in [0.2, 0.25) is 5.91 Å². The Morgan fingerprint density at radius 2 is 1.81 bits per heavy atom. The first-order valence-electron chi connectivity index (χ1n) is 8.18. The molecule has 0 fully saturated rings. The molecule has 2 aromatic rings. The highest BCUT2D eigenvalue weighted by Crippen LogP contribution is 2.25. The van der Waals surface area contributed by atoms with Crippen LogP contribution in [-0.2, 0) is 16.0 Å². The van der Waals surface area contributed by atoms with Crippen LogP contribution >= 0.6 is 0 Å². The number of carbonyl (C=O) groups excluding carboxylic acids is 2. The van der Waals surface area contributed by atoms with Gasteiger partial charge in [-0.2, -0.15) is 0 Å². The summed E-state index contributed by atoms with van der Waals surface area (Å²) in [6, 6.07) is 10.6. The first-order valence-corrected chi connectivity index (χ1v) is 8.18. The highest BCUT2D eigenvalue weighted by Gasteiger charge is 2.14. The van der Waals surface area contributed by atoms with Gasteiger partial charge in [-0.15, -0.1) is 0 Å². The lowest BCUT2D eigenvalue weighted by molar-refractivity contribution is -0.116. The third kappa shape index (κ3) is 4.53. The van der Waals surface area contributed by atoms with E-state index in [-0.39, 0.29) is 12.3 Å². The zero-order valence-corrected chi connectivity index (χ0v) is 15.4. The third-order valence-electron chi connectivity index (χ3n) is 4.12. The Labute approximate surface area is 153 Å². The molecular weight excluding hydrogens is 334 g/mol. The van der Waals surface area contributed by atoms with E-state index in [9.17, 15) is 9.59 Å². The largest absolute Gasteiger partial charge is 0.497 e. The Bertz CT molecular complexity index is 801. The molecule has 0 heterocycles. The Hall–Kier alpha value is -3.02. The molecule has 0 radical (unpaired) electrons. The number of esters is 1. The second-order valence-corrected chi connectivity index (χ2v) is 5.70. The van der Waals surface area contributed by atoms with Gasteiger partial charge in [0, 0.05) is 12.1 Å². The summed E-state index contributed by atoms with van der Waals surface area (Å²) in [4.78, 5) is 24.1. The van der Waals surface area contributed by atoms with Crippen LogP contribution in [-0.4, -0.2) is 33.2 Å². The summed E-state index contributed by atoms with van der Waals surface area (Å²) >= 11 is 0. The van der Waals surface area contributed by atoms with Gasteiger partial charge in [-0.05, 0) is 54.8 Å². The smallest absolute Gasteiger partial charge is 0.338 e. The molecule has 2 aromatic carbocycles. The third-order valence-corrected chi connectivity index (χ3v) is 4.12. The predicted molar refractivity (Wildman–Crippen MR) is 99.0 cm³/mol. The molecule has 0 saturated heterocycles. The summed E-state index contributed by atoms with van der Waals surface area (Å²) in [5.74, 6) is 0.838. The SMILES string of the molecule is COC(=O)c1cccc(NC(=O)CCc2cc(OC)ccc2OC)c1C. The molecule has 1 amide bonds. The van der Waals surface area contributed by atoms with Gasteiger partial charge in [0.15, 0.2) is 0 Å². The fourth-order valence-corrected chi connectivity index (χ4v) is 2.64. The van der Waals surface area contributed by atoms with Crippen LogP contribution in [0.4, 0.5) is 5.69 Å². The molecule has 6 nitrogen and oxygen atoms in total. The van der Waals surface area contributed by atoms with E-state index >= 15 is 0 Å². The van der Waals surface area contributed by atoms with Crippen LogP contribution in [0, 0.1) is 6.92 Å². The second kappa shape index (κ2) is 8.89. The number of carbonyl (C=O) groups is 2. The lowest BCUT2D eigenvalue weighted by Gasteiger charge is -2.13. The lowest BCUT2D eigenvalue weighted by atomic mass is 10.1. The Kier molecular flexibility index (Phi) is 6.60. The number of rotatable bonds is 7. The minimum atomic E-state index is -0.431. The number of anilines is 1. The quantitative estimate of drug-likeness (QED) is 0.769. The van der Waals surface area contributed by atoms with Gasteiger partial charge in [-0.3, -0.25) is 4.79 Å². The molecule has 0 aliphatic heterocycles. The normalized spacial score (nSPS) is 10.2. The lowest BCUT2D eigenvalue weighted by Crippen LogP contribution is -2.15. The van der Waals surface area contributed by atoms with Gasteiger partial charge in [0.05, 0.1) is 26.9 Å². The zero-order valence-electron chi connectivity index (χ0n) is 15.4. The molecule has 6 heteroatoms. The number of hydrogen-bond acceptors (Lipinski definition) is 5. The van der Waals surface area contributed by atoms with Gasteiger partial charge in [0.25, 0.3) is 0 Å². The summed E-state index contributed by atoms with van der Waals surface area (Å²) in [6.45, 7) is 1.77. The van der Waals surface area contributed by atoms with Crippen molar-refractivity contribution in [3.05, 3.63) is 53.1 Å². The van der Waals surface area contributed by atoms with Crippen molar-refractivity contribution in [3.63, 3.8) is 0 Å². The van der Waals surface area contributed by atoms with Crippen LogP contribution in [0.15, 0.2) is 36.4 Å². The molecule has 0 aliphatic rings. The zero-order chi connectivity index (χ0) is 19.1. The summed E-state index contributed by atoms with van der Waals surface area (Å²) in [6.07, 6.45) is 0.771. The standard InChI is InChI=1S/C20H23NO5/c1-13-16(20(23)26-4)6-5-7-17(13)21-19(22)11-8-14-12-15(24-2)9-10-18(14)25-3/h5-7,9-10,12H,8,11H2,1-4H3,(H,21,22). The molecule has 138 valence electrons. The molecule has 1 N–H and O–H groups in total. The first kappa shape index (κ1) is 19.3. The molecule has 0 spiro atoms. The Morgan fingerprint density at radius 3 is 2.46 bits per heavy atom. The Balaban J connectivity index is 2.07. The van der Waals surface area contributed by atoms with Crippen LogP contribution in [0.25, 0.3) is 0 Å². The minimum absolute atomic E-state index is 0.153. The van der Waals surface area contributed by atoms with Crippen molar-refractivity contribution in [2.75, 3.05) is 26.6 Å². The van der Waals surface area contributed by atoms with E-state index in [0.717, 1.165) is 5.56 Å². The molecule has 26 heavy (non-hydrogen) atoms. The van der Waals surface area contributed by atoms with E-state index in [1.165, 1.54) is 7.11 Å². The average molecular weight is 357 g/mol. The number of methoxy groups -OCH3 is 3. The van der Waals surface area contributed by atoms with Crippen molar-refractivity contribution >= 4 is 17.6 Å². The van der Waals surface area contributed by atoms with Crippen LogP contribution < -0.4 is 14.8 Å². The number of ether oxygens (including phenoxy) is 3. The van der Waals surface area contributed by atoms with E-state index < -0.39 is 5.97 Å². The first-order chi connectivity index (χ1) is 12.5. The highest BCUT2D eigenvalue weighted by molar-refractivity contribution is 5.96. The summed E-state index contributed by atoms with van der Waals surface area (Å²) in [5.41, 5.74) is 2.59. The van der Waals surface area contributed by atoms with E-state index in [4.69, 9.17) is 14.2 Å². The van der Waals surface area contributed by atoms with Crippen molar-refractivity contribution in [1.29, 1.82) is 0 Å². The number of amides is 1. The number of benzene rings is 2. The van der Waals surface area contributed by atoms with Crippen molar-refractivity contribution in [1.82, 2.24) is 0 Å². The van der Waals surface area contributed by atoms with Crippen molar-refractivity contribution < 1.29 is 23.8 Å². The maximum atomic E-state index is 12.3. The second-order valence-electron chi connectivity index (χ2n) is 5.70. The maximum absolute atomic E-state index is 12.3. The van der Waals surface area contributed by atoms with Crippen LogP contribution in [0.3, 0.4) is 0 Å². The van der Waals surface area contributed by atoms with Gasteiger partial charge in [-0.25, -0.2) is 4.79 Å². The average Bonchev–Trinajstić information content (AvgIpc) is 2.67. The monoisotopic (exact) mass is 357 g/mol. The Morgan fingerprint density at radius 1 is 1.04 bits per heavy atom. The van der Waals surface area contributed by atoms with Crippen molar-refractivity contribution in [3.8, 4) is 11.5 Å². The van der Waals surface area contributed by atoms with E-state index in [1.807, 2.05) is 18.2 Å². The number of hydrogen-bond donors (Lipinski definition) is 1. The predicted octanol–water partition coefficient (Wildman–Crippen LogP) is 3.37. The molecule has 0 atom stereocenters. The van der Waals surface area contributed by atoms with Gasteiger partial charge < -0.3 is 19.5 Å². The molecule has 0 aromatic heterocycles. The molecule has 0 bridgehead atoms. The molecule has 0 saturated carbocycles. The van der Waals surface area contributed by atoms with Crippen LogP contribution in [0.1, 0.15) is 27.9 Å². The maximum Gasteiger partial charge on any atom is 0.338 e. The van der Waals surface area contributed by atoms with Gasteiger partial charge in [-0.1, -0.05) is 6.07 Å². The minimum Gasteiger partial charge on any atom is -0.497 e. The van der Waals surface area contributed by atoms with E-state index in [2.05, 4.69) is 5.32 Å². The van der Waals surface area contributed by atoms with Crippen LogP contribution in [0.5, 0.6) is 11.5 Å². The van der Waals surface area contributed by atoms with E-state index in [0.29, 0.717) is 34.7 Å². The number of aryl methyl sites for hydroxylation is 1. The molecule has 0 unspecified atom stereocenters. The molecule has 0 aliphatic carbocycles. The van der Waals surface area contributed by atoms with Crippen molar-refractivity contribution in [2.45, 2.75) is 19.8 Å².